The van der Waals surface area contributed by atoms with Gasteiger partial charge in [-0.15, -0.1) is 0 Å². The molecule has 0 aliphatic heterocycles. The number of benzene rings is 8. The van der Waals surface area contributed by atoms with Gasteiger partial charge in [0.2, 0.25) is 0 Å². The fourth-order valence-corrected chi connectivity index (χ4v) is 7.76. The van der Waals surface area contributed by atoms with Crippen molar-refractivity contribution >= 4 is 21.9 Å². The van der Waals surface area contributed by atoms with Crippen molar-refractivity contribution in [3.8, 4) is 90.6 Å². The number of aromatic nitrogens is 6. The highest BCUT2D eigenvalue weighted by Gasteiger charge is 2.21. The van der Waals surface area contributed by atoms with Crippen molar-refractivity contribution in [2.45, 2.75) is 0 Å². The molecule has 0 bridgehead atoms. The molecule has 7 nitrogen and oxygen atoms in total. The van der Waals surface area contributed by atoms with Crippen molar-refractivity contribution in [3.05, 3.63) is 206 Å². The fraction of sp³-hybridized carbons (Fsp3) is 0. The van der Waals surface area contributed by atoms with Gasteiger partial charge in [0.15, 0.2) is 34.9 Å². The molecule has 0 spiro atoms. The minimum absolute atomic E-state index is 0.563. The van der Waals surface area contributed by atoms with Gasteiger partial charge < -0.3 is 4.42 Å². The molecule has 61 heavy (non-hydrogen) atoms. The first-order valence-electron chi connectivity index (χ1n) is 20.1. The summed E-state index contributed by atoms with van der Waals surface area (Å²) in [5.41, 5.74) is 10.9. The molecule has 0 unspecified atom stereocenters. The van der Waals surface area contributed by atoms with E-state index in [2.05, 4.69) is 78.9 Å². The van der Waals surface area contributed by atoms with Crippen molar-refractivity contribution in [1.82, 2.24) is 29.9 Å². The number of hydrogen-bond acceptors (Lipinski definition) is 7. The number of para-hydroxylation sites is 1. The maximum Gasteiger partial charge on any atom is 0.164 e. The Labute approximate surface area is 351 Å². The molecule has 0 aliphatic carbocycles. The van der Waals surface area contributed by atoms with Crippen LogP contribution in [0.15, 0.2) is 211 Å². The van der Waals surface area contributed by atoms with E-state index in [0.29, 0.717) is 34.9 Å². The van der Waals surface area contributed by atoms with Gasteiger partial charge >= 0.3 is 0 Å². The molecular formula is C54H34N6O. The third-order valence-electron chi connectivity index (χ3n) is 10.8. The maximum absolute atomic E-state index is 6.96. The van der Waals surface area contributed by atoms with E-state index in [1.54, 1.807) is 0 Å². The Kier molecular flexibility index (Phi) is 9.02. The van der Waals surface area contributed by atoms with E-state index in [1.807, 2.05) is 127 Å². The van der Waals surface area contributed by atoms with E-state index in [1.165, 1.54) is 0 Å². The quantitative estimate of drug-likeness (QED) is 0.152. The van der Waals surface area contributed by atoms with Crippen LogP contribution in [0.3, 0.4) is 0 Å². The number of hydrogen-bond donors (Lipinski definition) is 0. The predicted octanol–water partition coefficient (Wildman–Crippen LogP) is 13.3. The summed E-state index contributed by atoms with van der Waals surface area (Å²) >= 11 is 0. The average molecular weight is 783 g/mol. The van der Waals surface area contributed by atoms with Gasteiger partial charge in [-0.05, 0) is 23.3 Å². The van der Waals surface area contributed by atoms with Gasteiger partial charge in [0, 0.05) is 55.3 Å². The summed E-state index contributed by atoms with van der Waals surface area (Å²) < 4.78 is 6.96. The lowest BCUT2D eigenvalue weighted by atomic mass is 9.97. The first-order chi connectivity index (χ1) is 30.2. The molecule has 0 atom stereocenters. The topological polar surface area (TPSA) is 90.5 Å². The monoisotopic (exact) mass is 782 g/mol. The summed E-state index contributed by atoms with van der Waals surface area (Å²) in [6, 6.07) is 69.4. The maximum atomic E-state index is 6.96. The minimum Gasteiger partial charge on any atom is -0.455 e. The van der Waals surface area contributed by atoms with Crippen LogP contribution in [0.25, 0.3) is 113 Å². The molecule has 0 radical (unpaired) electrons. The van der Waals surface area contributed by atoms with Crippen LogP contribution in [0, 0.1) is 0 Å². The van der Waals surface area contributed by atoms with Crippen LogP contribution in [-0.4, -0.2) is 29.9 Å². The Morgan fingerprint density at radius 1 is 0.230 bits per heavy atom. The molecule has 11 aromatic rings. The molecule has 286 valence electrons. The zero-order valence-corrected chi connectivity index (χ0v) is 32.7. The molecule has 3 aromatic heterocycles. The van der Waals surface area contributed by atoms with Gasteiger partial charge in [0.25, 0.3) is 0 Å². The Hall–Kier alpha value is -8.42. The lowest BCUT2D eigenvalue weighted by Crippen LogP contribution is -2.00. The smallest absolute Gasteiger partial charge is 0.164 e. The summed E-state index contributed by atoms with van der Waals surface area (Å²) in [4.78, 5) is 30.0. The van der Waals surface area contributed by atoms with E-state index in [9.17, 15) is 0 Å². The number of furan rings is 1. The van der Waals surface area contributed by atoms with Crippen molar-refractivity contribution in [2.75, 3.05) is 0 Å². The molecule has 7 heteroatoms. The van der Waals surface area contributed by atoms with Gasteiger partial charge in [-0.2, -0.15) is 0 Å². The highest BCUT2D eigenvalue weighted by Crippen LogP contribution is 2.42. The molecule has 11 rings (SSSR count). The standard InChI is InChI=1S/C54H34N6O/c1-6-17-35(18-7-1)43-27-16-28-44-46-34-42(54-59-51(39-23-12-4-13-24-39)56-52(60-54)40-25-14-5-15-26-40)33-45(48(46)61-47(43)44)36-29-31-41(32-30-36)53-57-49(37-19-8-2-9-20-37)55-50(58-53)38-21-10-3-11-22-38/h1-34H. The Morgan fingerprint density at radius 2 is 0.557 bits per heavy atom. The highest BCUT2D eigenvalue weighted by molar-refractivity contribution is 6.14. The molecular weight excluding hydrogens is 749 g/mol. The zero-order chi connectivity index (χ0) is 40.5. The van der Waals surface area contributed by atoms with Crippen LogP contribution in [-0.2, 0) is 0 Å². The second-order valence-corrected chi connectivity index (χ2v) is 14.7. The van der Waals surface area contributed by atoms with E-state index in [-0.39, 0.29) is 0 Å². The first-order valence-corrected chi connectivity index (χ1v) is 20.1. The van der Waals surface area contributed by atoms with Crippen LogP contribution in [0.5, 0.6) is 0 Å². The summed E-state index contributed by atoms with van der Waals surface area (Å²) in [6.07, 6.45) is 0. The molecule has 0 saturated heterocycles. The second kappa shape index (κ2) is 15.4. The Morgan fingerprint density at radius 3 is 0.984 bits per heavy atom. The molecule has 0 amide bonds. The molecule has 0 aliphatic rings. The van der Waals surface area contributed by atoms with E-state index in [4.69, 9.17) is 34.3 Å². The number of rotatable bonds is 8. The molecule has 0 saturated carbocycles. The van der Waals surface area contributed by atoms with Crippen LogP contribution >= 0.6 is 0 Å². The number of nitrogens with zero attached hydrogens (tertiary/aromatic N) is 6. The van der Waals surface area contributed by atoms with Crippen LogP contribution in [0.1, 0.15) is 0 Å². The third kappa shape index (κ3) is 6.90. The van der Waals surface area contributed by atoms with Gasteiger partial charge in [-0.25, -0.2) is 29.9 Å². The average Bonchev–Trinajstić information content (AvgIpc) is 3.74. The van der Waals surface area contributed by atoms with Crippen molar-refractivity contribution in [2.24, 2.45) is 0 Å². The molecule has 3 heterocycles. The van der Waals surface area contributed by atoms with Gasteiger partial charge in [0.1, 0.15) is 11.2 Å². The molecule has 8 aromatic carbocycles. The Balaban J connectivity index is 1.10. The SMILES string of the molecule is c1ccc(-c2nc(-c3ccccc3)nc(-c3ccc(-c4cc(-c5nc(-c6ccccc6)nc(-c6ccccc6)n5)cc5c4oc4c(-c6ccccc6)cccc45)cc3)n2)cc1. The first kappa shape index (κ1) is 35.7. The zero-order valence-electron chi connectivity index (χ0n) is 32.7. The molecule has 0 fully saturated rings. The summed E-state index contributed by atoms with van der Waals surface area (Å²) in [5, 5.41) is 1.97. The minimum atomic E-state index is 0.563. The summed E-state index contributed by atoms with van der Waals surface area (Å²) in [7, 11) is 0. The summed E-state index contributed by atoms with van der Waals surface area (Å²) in [6.45, 7) is 0. The number of fused-ring (bicyclic) bond motifs is 3. The third-order valence-corrected chi connectivity index (χ3v) is 10.8. The summed E-state index contributed by atoms with van der Waals surface area (Å²) in [5.74, 6) is 3.57. The van der Waals surface area contributed by atoms with Gasteiger partial charge in [-0.1, -0.05) is 194 Å². The predicted molar refractivity (Wildman–Crippen MR) is 244 cm³/mol. The van der Waals surface area contributed by atoms with E-state index >= 15 is 0 Å². The second-order valence-electron chi connectivity index (χ2n) is 14.7. The highest BCUT2D eigenvalue weighted by atomic mass is 16.3. The van der Waals surface area contributed by atoms with Crippen molar-refractivity contribution < 1.29 is 4.42 Å². The van der Waals surface area contributed by atoms with Crippen LogP contribution in [0.4, 0.5) is 0 Å². The van der Waals surface area contributed by atoms with Gasteiger partial charge in [0.05, 0.1) is 0 Å². The lowest BCUT2D eigenvalue weighted by molar-refractivity contribution is 0.671. The lowest BCUT2D eigenvalue weighted by Gasteiger charge is -2.11. The van der Waals surface area contributed by atoms with E-state index < -0.39 is 0 Å². The van der Waals surface area contributed by atoms with Crippen LogP contribution < -0.4 is 0 Å². The Bertz CT molecular complexity index is 3210. The van der Waals surface area contributed by atoms with Crippen LogP contribution in [0.2, 0.25) is 0 Å². The van der Waals surface area contributed by atoms with E-state index in [0.717, 1.165) is 77.6 Å². The normalized spacial score (nSPS) is 11.3. The van der Waals surface area contributed by atoms with Crippen molar-refractivity contribution in [1.29, 1.82) is 0 Å². The van der Waals surface area contributed by atoms with Crippen molar-refractivity contribution in [3.63, 3.8) is 0 Å². The molecule has 0 N–H and O–H groups in total. The largest absolute Gasteiger partial charge is 0.455 e. The van der Waals surface area contributed by atoms with Gasteiger partial charge in [-0.3, -0.25) is 0 Å². The fourth-order valence-electron chi connectivity index (χ4n) is 7.76.